The van der Waals surface area contributed by atoms with Crippen LogP contribution in [0.25, 0.3) is 0 Å². The molecule has 78 valence electrons. The molecule has 1 aromatic rings. The molecule has 0 aliphatic rings. The van der Waals surface area contributed by atoms with Crippen molar-refractivity contribution in [3.8, 4) is 5.75 Å². The third kappa shape index (κ3) is 1.85. The second-order valence-electron chi connectivity index (χ2n) is 3.15. The molecule has 2 N–H and O–H groups in total. The molecule has 4 heteroatoms. The van der Waals surface area contributed by atoms with Gasteiger partial charge in [0.1, 0.15) is 5.75 Å². The summed E-state index contributed by atoms with van der Waals surface area (Å²) in [6.07, 6.45) is 0. The second kappa shape index (κ2) is 3.92. The molecule has 0 amide bonds. The van der Waals surface area contributed by atoms with Crippen molar-refractivity contribution in [3.63, 3.8) is 0 Å². The molecule has 0 aliphatic heterocycles. The first-order valence-electron chi connectivity index (χ1n) is 4.33. The number of halogens is 2. The summed E-state index contributed by atoms with van der Waals surface area (Å²) in [5.41, 5.74) is -0.346. The van der Waals surface area contributed by atoms with E-state index in [1.165, 1.54) is 38.2 Å². The number of benzene rings is 1. The quantitative estimate of drug-likeness (QED) is 0.784. The summed E-state index contributed by atoms with van der Waals surface area (Å²) in [4.78, 5) is 0. The van der Waals surface area contributed by atoms with Crippen molar-refractivity contribution in [1.29, 1.82) is 0 Å². The number of para-hydroxylation sites is 1. The van der Waals surface area contributed by atoms with Gasteiger partial charge in [-0.05, 0) is 26.1 Å². The van der Waals surface area contributed by atoms with Crippen molar-refractivity contribution in [1.82, 2.24) is 5.32 Å². The van der Waals surface area contributed by atoms with E-state index in [1.807, 2.05) is 0 Å². The summed E-state index contributed by atoms with van der Waals surface area (Å²) in [5.74, 6) is -3.44. The number of phenols is 1. The van der Waals surface area contributed by atoms with Gasteiger partial charge < -0.3 is 10.4 Å². The van der Waals surface area contributed by atoms with E-state index < -0.39 is 12.0 Å². The highest BCUT2D eigenvalue weighted by atomic mass is 19.3. The van der Waals surface area contributed by atoms with Gasteiger partial charge in [0.05, 0.1) is 11.6 Å². The predicted octanol–water partition coefficient (Wildman–Crippen LogP) is 2.09. The van der Waals surface area contributed by atoms with Gasteiger partial charge in [-0.1, -0.05) is 12.1 Å². The first-order chi connectivity index (χ1) is 6.50. The van der Waals surface area contributed by atoms with E-state index in [-0.39, 0.29) is 11.3 Å². The second-order valence-corrected chi connectivity index (χ2v) is 3.15. The molecule has 0 aliphatic carbocycles. The van der Waals surface area contributed by atoms with Gasteiger partial charge in [0.2, 0.25) is 0 Å². The maximum absolute atomic E-state index is 13.6. The summed E-state index contributed by atoms with van der Waals surface area (Å²) in [7, 11) is 1.46. The van der Waals surface area contributed by atoms with Crippen LogP contribution < -0.4 is 5.32 Å². The van der Waals surface area contributed by atoms with Crippen molar-refractivity contribution in [2.24, 2.45) is 0 Å². The Balaban J connectivity index is 3.09. The average Bonchev–Trinajstić information content (AvgIpc) is 2.17. The minimum atomic E-state index is -3.07. The van der Waals surface area contributed by atoms with Crippen LogP contribution in [0.2, 0.25) is 0 Å². The van der Waals surface area contributed by atoms with Crippen molar-refractivity contribution >= 4 is 0 Å². The lowest BCUT2D eigenvalue weighted by Gasteiger charge is -2.24. The largest absolute Gasteiger partial charge is 0.507 e. The van der Waals surface area contributed by atoms with Crippen LogP contribution in [-0.2, 0) is 5.92 Å². The Morgan fingerprint density at radius 1 is 1.36 bits per heavy atom. The van der Waals surface area contributed by atoms with E-state index >= 15 is 0 Å². The minimum Gasteiger partial charge on any atom is -0.507 e. The number of alkyl halides is 2. The average molecular weight is 201 g/mol. The van der Waals surface area contributed by atoms with Crippen molar-refractivity contribution in [3.05, 3.63) is 29.8 Å². The lowest BCUT2D eigenvalue weighted by molar-refractivity contribution is -0.0371. The molecule has 0 fully saturated rings. The summed E-state index contributed by atoms with van der Waals surface area (Å²) >= 11 is 0. The summed E-state index contributed by atoms with van der Waals surface area (Å²) < 4.78 is 27.2. The molecular weight excluding hydrogens is 188 g/mol. The van der Waals surface area contributed by atoms with Gasteiger partial charge in [-0.15, -0.1) is 0 Å². The number of rotatable bonds is 3. The number of hydrogen-bond acceptors (Lipinski definition) is 2. The fourth-order valence-electron chi connectivity index (χ4n) is 1.17. The fraction of sp³-hybridized carbons (Fsp3) is 0.400. The van der Waals surface area contributed by atoms with E-state index in [2.05, 4.69) is 5.32 Å². The van der Waals surface area contributed by atoms with Crippen LogP contribution in [0, 0.1) is 0 Å². The molecule has 1 rings (SSSR count). The van der Waals surface area contributed by atoms with Crippen LogP contribution in [0.5, 0.6) is 5.75 Å². The number of likely N-dealkylation sites (N-methyl/N-ethyl adjacent to an activating group) is 1. The third-order valence-corrected chi connectivity index (χ3v) is 2.24. The molecule has 0 spiro atoms. The topological polar surface area (TPSA) is 32.3 Å². The summed E-state index contributed by atoms with van der Waals surface area (Å²) in [6, 6.07) is 4.45. The predicted molar refractivity (Wildman–Crippen MR) is 50.5 cm³/mol. The lowest BCUT2D eigenvalue weighted by atomic mass is 10.0. The Hall–Kier alpha value is -1.16. The molecule has 0 aromatic heterocycles. The maximum Gasteiger partial charge on any atom is 0.291 e. The van der Waals surface area contributed by atoms with Gasteiger partial charge in [0, 0.05) is 0 Å². The molecule has 0 radical (unpaired) electrons. The maximum atomic E-state index is 13.6. The zero-order valence-corrected chi connectivity index (χ0v) is 8.09. The highest BCUT2D eigenvalue weighted by Crippen LogP contribution is 2.36. The smallest absolute Gasteiger partial charge is 0.291 e. The fourth-order valence-corrected chi connectivity index (χ4v) is 1.17. The summed E-state index contributed by atoms with van der Waals surface area (Å²) in [5, 5.41) is 11.8. The van der Waals surface area contributed by atoms with Crippen molar-refractivity contribution in [2.75, 3.05) is 7.05 Å². The molecule has 1 atom stereocenters. The highest BCUT2D eigenvalue weighted by Gasteiger charge is 2.39. The number of hydrogen-bond donors (Lipinski definition) is 2. The van der Waals surface area contributed by atoms with Gasteiger partial charge in [-0.3, -0.25) is 0 Å². The number of aromatic hydroxyl groups is 1. The zero-order chi connectivity index (χ0) is 10.8. The van der Waals surface area contributed by atoms with Gasteiger partial charge in [0.15, 0.2) is 0 Å². The van der Waals surface area contributed by atoms with Crippen LogP contribution in [-0.4, -0.2) is 18.2 Å². The SMILES string of the molecule is CNC(C)C(F)(F)c1ccccc1O. The van der Waals surface area contributed by atoms with Crippen LogP contribution in [0.4, 0.5) is 8.78 Å². The monoisotopic (exact) mass is 201 g/mol. The Morgan fingerprint density at radius 2 is 1.93 bits per heavy atom. The van der Waals surface area contributed by atoms with E-state index in [9.17, 15) is 13.9 Å². The van der Waals surface area contributed by atoms with E-state index in [4.69, 9.17) is 0 Å². The summed E-state index contributed by atoms with van der Waals surface area (Å²) in [6.45, 7) is 1.37. The minimum absolute atomic E-state index is 0.346. The van der Waals surface area contributed by atoms with Crippen LogP contribution in [0.3, 0.4) is 0 Å². The Labute approximate surface area is 81.6 Å². The van der Waals surface area contributed by atoms with E-state index in [1.54, 1.807) is 0 Å². The molecule has 2 nitrogen and oxygen atoms in total. The molecular formula is C10H13F2NO. The first-order valence-corrected chi connectivity index (χ1v) is 4.33. The standard InChI is InChI=1S/C10H13F2NO/c1-7(13-2)10(11,12)8-5-3-4-6-9(8)14/h3-7,13-14H,1-2H3. The number of nitrogens with one attached hydrogen (secondary N) is 1. The Bertz CT molecular complexity index is 315. The lowest BCUT2D eigenvalue weighted by Crippen LogP contribution is -2.38. The molecule has 0 heterocycles. The first kappa shape index (κ1) is 10.9. The Morgan fingerprint density at radius 3 is 2.43 bits per heavy atom. The number of phenolic OH excluding ortho intramolecular Hbond substituents is 1. The third-order valence-electron chi connectivity index (χ3n) is 2.24. The van der Waals surface area contributed by atoms with Crippen molar-refractivity contribution in [2.45, 2.75) is 18.9 Å². The van der Waals surface area contributed by atoms with Gasteiger partial charge in [-0.25, -0.2) is 0 Å². The zero-order valence-electron chi connectivity index (χ0n) is 8.09. The van der Waals surface area contributed by atoms with E-state index in [0.717, 1.165) is 0 Å². The van der Waals surface area contributed by atoms with Gasteiger partial charge in [-0.2, -0.15) is 8.78 Å². The van der Waals surface area contributed by atoms with Crippen LogP contribution in [0.15, 0.2) is 24.3 Å². The van der Waals surface area contributed by atoms with E-state index in [0.29, 0.717) is 0 Å². The molecule has 1 aromatic carbocycles. The molecule has 0 bridgehead atoms. The van der Waals surface area contributed by atoms with Gasteiger partial charge in [0.25, 0.3) is 5.92 Å². The molecule has 1 unspecified atom stereocenters. The van der Waals surface area contributed by atoms with Crippen molar-refractivity contribution < 1.29 is 13.9 Å². The van der Waals surface area contributed by atoms with Crippen LogP contribution >= 0.6 is 0 Å². The normalized spacial score (nSPS) is 14.0. The van der Waals surface area contributed by atoms with Crippen LogP contribution in [0.1, 0.15) is 12.5 Å². The molecule has 0 saturated heterocycles. The molecule has 14 heavy (non-hydrogen) atoms. The highest BCUT2D eigenvalue weighted by molar-refractivity contribution is 5.36. The Kier molecular flexibility index (Phi) is 3.06. The molecule has 0 saturated carbocycles. The van der Waals surface area contributed by atoms with Gasteiger partial charge >= 0.3 is 0 Å².